The van der Waals surface area contributed by atoms with E-state index in [2.05, 4.69) is 15.5 Å². The van der Waals surface area contributed by atoms with Crippen molar-refractivity contribution < 1.29 is 9.53 Å². The molecule has 1 saturated heterocycles. The molecule has 19 heavy (non-hydrogen) atoms. The molecule has 6 heteroatoms. The Labute approximate surface area is 112 Å². The van der Waals surface area contributed by atoms with Gasteiger partial charge in [-0.15, -0.1) is 10.2 Å². The molecule has 104 valence electrons. The Kier molecular flexibility index (Phi) is 3.26. The highest BCUT2D eigenvalue weighted by atomic mass is 16.5. The van der Waals surface area contributed by atoms with Crippen LogP contribution >= 0.6 is 0 Å². The highest BCUT2D eigenvalue weighted by molar-refractivity contribution is 5.91. The number of ether oxygens (including phenoxy) is 1. The number of amides is 1. The van der Waals surface area contributed by atoms with Crippen molar-refractivity contribution in [1.82, 2.24) is 14.8 Å². The summed E-state index contributed by atoms with van der Waals surface area (Å²) in [7, 11) is 0. The van der Waals surface area contributed by atoms with E-state index >= 15 is 0 Å². The zero-order valence-electron chi connectivity index (χ0n) is 11.4. The molecule has 3 rings (SSSR count). The molecule has 0 bridgehead atoms. The van der Waals surface area contributed by atoms with Crippen LogP contribution in [0.25, 0.3) is 0 Å². The predicted octanol–water partition coefficient (Wildman–Crippen LogP) is 1.68. The molecule has 1 saturated carbocycles. The fourth-order valence-electron chi connectivity index (χ4n) is 2.69. The lowest BCUT2D eigenvalue weighted by Crippen LogP contribution is -2.37. The smallest absolute Gasteiger partial charge is 0.232 e. The summed E-state index contributed by atoms with van der Waals surface area (Å²) in [4.78, 5) is 12.3. The van der Waals surface area contributed by atoms with Crippen LogP contribution in [0.2, 0.25) is 0 Å². The molecule has 0 spiro atoms. The molecular formula is C13H20N4O2. The van der Waals surface area contributed by atoms with E-state index in [1.165, 1.54) is 0 Å². The second-order valence-corrected chi connectivity index (χ2v) is 5.49. The molecule has 1 aromatic heterocycles. The topological polar surface area (TPSA) is 69.0 Å². The monoisotopic (exact) mass is 264 g/mol. The number of hydrogen-bond donors (Lipinski definition) is 1. The summed E-state index contributed by atoms with van der Waals surface area (Å²) in [6, 6.07) is 0.463. The summed E-state index contributed by atoms with van der Waals surface area (Å²) >= 11 is 0. The Morgan fingerprint density at radius 1 is 1.37 bits per heavy atom. The fourth-order valence-corrected chi connectivity index (χ4v) is 2.69. The van der Waals surface area contributed by atoms with E-state index in [0.29, 0.717) is 12.0 Å². The molecule has 1 amide bonds. The first kappa shape index (κ1) is 12.6. The lowest BCUT2D eigenvalue weighted by atomic mass is 9.94. The van der Waals surface area contributed by atoms with Crippen LogP contribution in [0, 0.1) is 12.8 Å². The van der Waals surface area contributed by atoms with Gasteiger partial charge in [0.25, 0.3) is 0 Å². The molecule has 1 aliphatic heterocycles. The average Bonchev–Trinajstić information content (AvgIpc) is 3.15. The molecule has 2 atom stereocenters. The van der Waals surface area contributed by atoms with Gasteiger partial charge in [0.15, 0.2) is 0 Å². The second-order valence-electron chi connectivity index (χ2n) is 5.49. The molecule has 1 N–H and O–H groups in total. The van der Waals surface area contributed by atoms with E-state index in [1.807, 2.05) is 18.4 Å². The van der Waals surface area contributed by atoms with Gasteiger partial charge in [-0.2, -0.15) is 0 Å². The minimum absolute atomic E-state index is 0.00139. The van der Waals surface area contributed by atoms with Crippen molar-refractivity contribution in [3.05, 3.63) is 5.82 Å². The first-order valence-electron chi connectivity index (χ1n) is 7.01. The van der Waals surface area contributed by atoms with Crippen molar-refractivity contribution in [3.63, 3.8) is 0 Å². The number of carbonyl (C=O) groups excluding carboxylic acids is 1. The van der Waals surface area contributed by atoms with Crippen LogP contribution in [-0.4, -0.2) is 33.4 Å². The van der Waals surface area contributed by atoms with Crippen LogP contribution in [0.5, 0.6) is 0 Å². The van der Waals surface area contributed by atoms with Gasteiger partial charge in [0.05, 0.1) is 12.0 Å². The van der Waals surface area contributed by atoms with Crippen LogP contribution in [0.1, 0.15) is 44.5 Å². The molecule has 6 nitrogen and oxygen atoms in total. The van der Waals surface area contributed by atoms with Gasteiger partial charge < -0.3 is 4.74 Å². The van der Waals surface area contributed by atoms with E-state index in [1.54, 1.807) is 0 Å². The molecule has 1 aliphatic carbocycles. The van der Waals surface area contributed by atoms with Crippen molar-refractivity contribution in [2.45, 2.75) is 51.7 Å². The number of anilines is 1. The second kappa shape index (κ2) is 4.92. The van der Waals surface area contributed by atoms with E-state index in [9.17, 15) is 4.79 Å². The number of hydrogen-bond acceptors (Lipinski definition) is 4. The minimum atomic E-state index is -0.0848. The highest BCUT2D eigenvalue weighted by Crippen LogP contribution is 2.37. The quantitative estimate of drug-likeness (QED) is 0.901. The third-order valence-electron chi connectivity index (χ3n) is 3.96. The van der Waals surface area contributed by atoms with E-state index in [-0.39, 0.29) is 17.9 Å². The first-order valence-corrected chi connectivity index (χ1v) is 7.01. The summed E-state index contributed by atoms with van der Waals surface area (Å²) in [6.45, 7) is 4.63. The number of carbonyl (C=O) groups is 1. The summed E-state index contributed by atoms with van der Waals surface area (Å²) in [5.41, 5.74) is 0. The molecule has 2 fully saturated rings. The maximum Gasteiger partial charge on any atom is 0.232 e. The Balaban J connectivity index is 1.72. The lowest BCUT2D eigenvalue weighted by molar-refractivity contribution is -0.127. The summed E-state index contributed by atoms with van der Waals surface area (Å²) in [6.07, 6.45) is 4.09. The predicted molar refractivity (Wildman–Crippen MR) is 69.8 cm³/mol. The van der Waals surface area contributed by atoms with Crippen LogP contribution in [-0.2, 0) is 9.53 Å². The molecular weight excluding hydrogens is 244 g/mol. The van der Waals surface area contributed by atoms with Gasteiger partial charge in [-0.05, 0) is 39.5 Å². The van der Waals surface area contributed by atoms with Gasteiger partial charge in [0, 0.05) is 12.6 Å². The van der Waals surface area contributed by atoms with E-state index in [4.69, 9.17) is 4.74 Å². The van der Waals surface area contributed by atoms with Gasteiger partial charge in [-0.1, -0.05) is 0 Å². The summed E-state index contributed by atoms with van der Waals surface area (Å²) in [5.74, 6) is 1.37. The summed E-state index contributed by atoms with van der Waals surface area (Å²) < 4.78 is 7.57. The first-order chi connectivity index (χ1) is 9.16. The van der Waals surface area contributed by atoms with Crippen molar-refractivity contribution in [2.75, 3.05) is 11.9 Å². The van der Waals surface area contributed by atoms with Crippen LogP contribution in [0.3, 0.4) is 0 Å². The zero-order valence-corrected chi connectivity index (χ0v) is 11.4. The Morgan fingerprint density at radius 2 is 2.16 bits per heavy atom. The standard InChI is InChI=1S/C13H20N4O2/c1-8-11(4-3-7-19-8)12(18)14-13-16-15-9(2)17(13)10-5-6-10/h8,10-11H,3-7H2,1-2H3,(H,14,16,18). The van der Waals surface area contributed by atoms with Gasteiger partial charge in [-0.3, -0.25) is 14.7 Å². The van der Waals surface area contributed by atoms with E-state index < -0.39 is 0 Å². The molecule has 2 unspecified atom stereocenters. The number of nitrogens with zero attached hydrogens (tertiary/aromatic N) is 3. The SMILES string of the molecule is Cc1nnc(NC(=O)C2CCCOC2C)n1C1CC1. The van der Waals surface area contributed by atoms with Crippen molar-refractivity contribution in [2.24, 2.45) is 5.92 Å². The number of aryl methyl sites for hydroxylation is 1. The van der Waals surface area contributed by atoms with Crippen LogP contribution in [0.15, 0.2) is 0 Å². The minimum Gasteiger partial charge on any atom is -0.378 e. The third kappa shape index (κ3) is 2.49. The molecule has 2 aliphatic rings. The van der Waals surface area contributed by atoms with Gasteiger partial charge in [0.1, 0.15) is 5.82 Å². The van der Waals surface area contributed by atoms with Crippen molar-refractivity contribution >= 4 is 11.9 Å². The maximum absolute atomic E-state index is 12.3. The maximum atomic E-state index is 12.3. The van der Waals surface area contributed by atoms with Crippen molar-refractivity contribution in [1.29, 1.82) is 0 Å². The molecule has 0 radical (unpaired) electrons. The van der Waals surface area contributed by atoms with Crippen molar-refractivity contribution in [3.8, 4) is 0 Å². The number of nitrogens with one attached hydrogen (secondary N) is 1. The zero-order chi connectivity index (χ0) is 13.4. The van der Waals surface area contributed by atoms with E-state index in [0.717, 1.165) is 38.1 Å². The molecule has 1 aromatic rings. The Morgan fingerprint density at radius 3 is 2.84 bits per heavy atom. The number of rotatable bonds is 3. The van der Waals surface area contributed by atoms with Crippen LogP contribution < -0.4 is 5.32 Å². The van der Waals surface area contributed by atoms with Gasteiger partial charge in [0.2, 0.25) is 11.9 Å². The Bertz CT molecular complexity index is 481. The van der Waals surface area contributed by atoms with Gasteiger partial charge >= 0.3 is 0 Å². The van der Waals surface area contributed by atoms with Gasteiger partial charge in [-0.25, -0.2) is 0 Å². The summed E-state index contributed by atoms with van der Waals surface area (Å²) in [5, 5.41) is 11.1. The largest absolute Gasteiger partial charge is 0.378 e. The molecule has 0 aromatic carbocycles. The third-order valence-corrected chi connectivity index (χ3v) is 3.96. The normalized spacial score (nSPS) is 27.3. The fraction of sp³-hybridized carbons (Fsp3) is 0.769. The molecule has 2 heterocycles. The average molecular weight is 264 g/mol. The lowest BCUT2D eigenvalue weighted by Gasteiger charge is -2.27. The van der Waals surface area contributed by atoms with Crippen LogP contribution in [0.4, 0.5) is 5.95 Å². The highest BCUT2D eigenvalue weighted by Gasteiger charge is 2.32. The Hall–Kier alpha value is -1.43. The number of aromatic nitrogens is 3.